The summed E-state index contributed by atoms with van der Waals surface area (Å²) in [5.41, 5.74) is -0.460. The summed E-state index contributed by atoms with van der Waals surface area (Å²) in [5, 5.41) is 1.54. The first kappa shape index (κ1) is 16.0. The van der Waals surface area contributed by atoms with Crippen molar-refractivity contribution in [1.29, 1.82) is 0 Å². The number of aromatic nitrogens is 1. The van der Waals surface area contributed by atoms with Crippen molar-refractivity contribution in [2.75, 3.05) is 0 Å². The molecule has 0 spiro atoms. The Morgan fingerprint density at radius 3 is 2.11 bits per heavy atom. The summed E-state index contributed by atoms with van der Waals surface area (Å²) in [6.45, 7) is 17.1. The fourth-order valence-electron chi connectivity index (χ4n) is 1.63. The van der Waals surface area contributed by atoms with Crippen LogP contribution < -0.4 is 5.19 Å². The highest BCUT2D eigenvalue weighted by Gasteiger charge is 2.37. The highest BCUT2D eigenvalue weighted by atomic mass is 28.3. The van der Waals surface area contributed by atoms with Gasteiger partial charge in [-0.3, -0.25) is 4.57 Å². The number of hydrogen-bond donors (Lipinski definition) is 0. The first-order valence-electron chi connectivity index (χ1n) is 6.76. The molecule has 1 heterocycles. The van der Waals surface area contributed by atoms with Gasteiger partial charge in [0.1, 0.15) is 5.60 Å². The van der Waals surface area contributed by atoms with Crippen LogP contribution in [0, 0.1) is 0 Å². The van der Waals surface area contributed by atoms with Gasteiger partial charge in [-0.2, -0.15) is 0 Å². The largest absolute Gasteiger partial charge is 0.443 e. The summed E-state index contributed by atoms with van der Waals surface area (Å²) in [4.78, 5) is 12.0. The monoisotopic (exact) mass is 281 g/mol. The third-order valence-electron chi connectivity index (χ3n) is 3.89. The second-order valence-electron chi connectivity index (χ2n) is 7.66. The number of nitrogens with zero attached hydrogens (tertiary/aromatic N) is 1. The first-order chi connectivity index (χ1) is 8.34. The van der Waals surface area contributed by atoms with Gasteiger partial charge < -0.3 is 4.74 Å². The molecular weight excluding hydrogens is 254 g/mol. The summed E-state index contributed by atoms with van der Waals surface area (Å²) in [7, 11) is -1.59. The maximum atomic E-state index is 12.0. The summed E-state index contributed by atoms with van der Waals surface area (Å²) in [6.07, 6.45) is 3.44. The van der Waals surface area contributed by atoms with Gasteiger partial charge in [0.05, 0.1) is 8.07 Å². The van der Waals surface area contributed by atoms with Gasteiger partial charge in [-0.05, 0) is 37.1 Å². The van der Waals surface area contributed by atoms with E-state index >= 15 is 0 Å². The molecule has 0 amide bonds. The van der Waals surface area contributed by atoms with Crippen molar-refractivity contribution >= 4 is 19.4 Å². The minimum absolute atomic E-state index is 0.257. The third-order valence-corrected chi connectivity index (χ3v) is 9.38. The van der Waals surface area contributed by atoms with E-state index < -0.39 is 13.7 Å². The van der Waals surface area contributed by atoms with E-state index in [1.54, 1.807) is 4.57 Å². The molecule has 0 unspecified atom stereocenters. The van der Waals surface area contributed by atoms with Crippen LogP contribution in [-0.2, 0) is 4.74 Å². The molecule has 0 bridgehead atoms. The molecule has 0 fully saturated rings. The van der Waals surface area contributed by atoms with E-state index in [4.69, 9.17) is 4.74 Å². The zero-order chi connectivity index (χ0) is 15.1. The van der Waals surface area contributed by atoms with Crippen molar-refractivity contribution in [2.24, 2.45) is 0 Å². The van der Waals surface area contributed by atoms with E-state index in [0.29, 0.717) is 0 Å². The Labute approximate surface area is 118 Å². The van der Waals surface area contributed by atoms with Gasteiger partial charge in [0.15, 0.2) is 0 Å². The van der Waals surface area contributed by atoms with E-state index in [-0.39, 0.29) is 11.1 Å². The zero-order valence-electron chi connectivity index (χ0n) is 13.5. The van der Waals surface area contributed by atoms with E-state index in [0.717, 1.165) is 0 Å². The topological polar surface area (TPSA) is 31.2 Å². The van der Waals surface area contributed by atoms with Crippen LogP contribution in [0.4, 0.5) is 4.79 Å². The third kappa shape index (κ3) is 3.72. The van der Waals surface area contributed by atoms with Gasteiger partial charge in [-0.1, -0.05) is 33.9 Å². The molecule has 0 aromatic carbocycles. The molecule has 3 nitrogen and oxygen atoms in total. The van der Waals surface area contributed by atoms with Crippen LogP contribution >= 0.6 is 0 Å². The molecule has 0 saturated carbocycles. The van der Waals surface area contributed by atoms with Gasteiger partial charge >= 0.3 is 6.09 Å². The maximum Gasteiger partial charge on any atom is 0.418 e. The highest BCUT2D eigenvalue weighted by molar-refractivity contribution is 6.92. The molecule has 0 aliphatic rings. The maximum absolute atomic E-state index is 12.0. The molecule has 4 heteroatoms. The first-order valence-corrected chi connectivity index (χ1v) is 9.76. The molecule has 108 valence electrons. The normalized spacial score (nSPS) is 13.5. The summed E-state index contributed by atoms with van der Waals surface area (Å²) >= 11 is 0. The minimum atomic E-state index is -1.59. The van der Waals surface area contributed by atoms with Crippen LogP contribution in [0.5, 0.6) is 0 Å². The summed E-state index contributed by atoms with van der Waals surface area (Å²) in [5.74, 6) is 0. The molecule has 0 N–H and O–H groups in total. The molecule has 0 aliphatic heterocycles. The quantitative estimate of drug-likeness (QED) is 0.729. The van der Waals surface area contributed by atoms with Crippen LogP contribution in [-0.4, -0.2) is 24.3 Å². The molecule has 0 saturated heterocycles. The van der Waals surface area contributed by atoms with Crippen molar-refractivity contribution in [2.45, 2.75) is 65.3 Å². The van der Waals surface area contributed by atoms with Crippen LogP contribution in [0.1, 0.15) is 41.5 Å². The number of ether oxygens (including phenoxy) is 1. The van der Waals surface area contributed by atoms with E-state index in [1.807, 2.05) is 33.2 Å². The number of hydrogen-bond acceptors (Lipinski definition) is 2. The second kappa shape index (κ2) is 4.82. The Morgan fingerprint density at radius 2 is 1.68 bits per heavy atom. The SMILES string of the molecule is CC(C)(C)OC(=O)n1ccc([Si](C)(C)C(C)(C)C)c1. The van der Waals surface area contributed by atoms with Crippen molar-refractivity contribution in [1.82, 2.24) is 4.57 Å². The van der Waals surface area contributed by atoms with Crippen molar-refractivity contribution in [3.63, 3.8) is 0 Å². The van der Waals surface area contributed by atoms with Gasteiger partial charge in [0.2, 0.25) is 0 Å². The molecule has 1 aromatic heterocycles. The average molecular weight is 281 g/mol. The smallest absolute Gasteiger partial charge is 0.418 e. The fourth-order valence-corrected chi connectivity index (χ4v) is 3.45. The predicted octanol–water partition coefficient (Wildman–Crippen LogP) is 3.99. The molecule has 19 heavy (non-hydrogen) atoms. The Morgan fingerprint density at radius 1 is 1.16 bits per heavy atom. The highest BCUT2D eigenvalue weighted by Crippen LogP contribution is 2.35. The summed E-state index contributed by atoms with van der Waals surface area (Å²) < 4.78 is 6.93. The van der Waals surface area contributed by atoms with Gasteiger partial charge in [-0.15, -0.1) is 0 Å². The van der Waals surface area contributed by atoms with Gasteiger partial charge in [0, 0.05) is 12.4 Å². The van der Waals surface area contributed by atoms with Crippen molar-refractivity contribution in [3.05, 3.63) is 18.5 Å². The van der Waals surface area contributed by atoms with Crippen LogP contribution in [0.25, 0.3) is 0 Å². The lowest BCUT2D eigenvalue weighted by atomic mass is 10.2. The second-order valence-corrected chi connectivity index (χ2v) is 13.0. The van der Waals surface area contributed by atoms with Crippen LogP contribution in [0.15, 0.2) is 18.5 Å². The van der Waals surface area contributed by atoms with E-state index in [2.05, 4.69) is 39.9 Å². The lowest BCUT2D eigenvalue weighted by Crippen LogP contribution is -2.48. The number of rotatable bonds is 1. The standard InChI is InChI=1S/C15H27NO2Si/c1-14(2,3)18-13(17)16-10-9-12(11-16)19(7,8)15(4,5)6/h9-11H,1-8H3. The summed E-state index contributed by atoms with van der Waals surface area (Å²) in [6, 6.07) is 2.06. The number of carbonyl (C=O) groups excluding carboxylic acids is 1. The Balaban J connectivity index is 2.98. The van der Waals surface area contributed by atoms with E-state index in [1.165, 1.54) is 5.19 Å². The zero-order valence-corrected chi connectivity index (χ0v) is 14.5. The number of carbonyl (C=O) groups is 1. The van der Waals surface area contributed by atoms with Crippen molar-refractivity contribution < 1.29 is 9.53 Å². The minimum Gasteiger partial charge on any atom is -0.443 e. The Hall–Kier alpha value is -1.03. The Bertz CT molecular complexity index is 461. The molecule has 1 aromatic rings. The fraction of sp³-hybridized carbons (Fsp3) is 0.667. The molecule has 1 rings (SSSR count). The van der Waals surface area contributed by atoms with Crippen LogP contribution in [0.3, 0.4) is 0 Å². The van der Waals surface area contributed by atoms with Crippen molar-refractivity contribution in [3.8, 4) is 0 Å². The molecule has 0 radical (unpaired) electrons. The lowest BCUT2D eigenvalue weighted by molar-refractivity contribution is 0.0537. The molecular formula is C15H27NO2Si. The van der Waals surface area contributed by atoms with Gasteiger partial charge in [0.25, 0.3) is 0 Å². The molecule has 0 aliphatic carbocycles. The van der Waals surface area contributed by atoms with E-state index in [9.17, 15) is 4.79 Å². The lowest BCUT2D eigenvalue weighted by Gasteiger charge is -2.36. The Kier molecular flexibility index (Phi) is 4.06. The van der Waals surface area contributed by atoms with Crippen LogP contribution in [0.2, 0.25) is 18.1 Å². The molecule has 0 atom stereocenters. The predicted molar refractivity (Wildman–Crippen MR) is 82.9 cm³/mol. The van der Waals surface area contributed by atoms with Gasteiger partial charge in [-0.25, -0.2) is 4.79 Å². The average Bonchev–Trinajstić information content (AvgIpc) is 2.61.